The third-order valence-electron chi connectivity index (χ3n) is 3.01. The molecule has 0 aliphatic heterocycles. The Hall–Kier alpha value is -1.46. The molecule has 100 valence electrons. The van der Waals surface area contributed by atoms with E-state index < -0.39 is 0 Å². The fraction of sp³-hybridized carbons (Fsp3) is 0.286. The number of nitrogens with two attached hydrogens (primary N) is 1. The maximum atomic E-state index is 5.80. The third kappa shape index (κ3) is 3.11. The molecule has 0 spiro atoms. The molecule has 0 saturated heterocycles. The Balaban J connectivity index is 2.29. The highest BCUT2D eigenvalue weighted by Crippen LogP contribution is 2.22. The summed E-state index contributed by atoms with van der Waals surface area (Å²) in [5.74, 6) is 0. The molecule has 0 amide bonds. The van der Waals surface area contributed by atoms with Crippen molar-refractivity contribution in [3.8, 4) is 0 Å². The first-order chi connectivity index (χ1) is 8.99. The van der Waals surface area contributed by atoms with E-state index in [0.29, 0.717) is 4.99 Å². The average molecular weight is 291 g/mol. The topological polar surface area (TPSA) is 50.9 Å². The molecule has 3 N–H and O–H groups in total. The summed E-state index contributed by atoms with van der Waals surface area (Å²) < 4.78 is 0. The summed E-state index contributed by atoms with van der Waals surface area (Å²) in [4.78, 5) is 4.80. The second-order valence-electron chi connectivity index (χ2n) is 4.57. The molecule has 2 aromatic heterocycles. The SMILES string of the molecule is Cc1cc(NCc2cscc2C)c(C(N)=S)c(C)n1. The number of aryl methyl sites for hydroxylation is 3. The highest BCUT2D eigenvalue weighted by Gasteiger charge is 2.11. The lowest BCUT2D eigenvalue weighted by atomic mass is 10.1. The van der Waals surface area contributed by atoms with Crippen molar-refractivity contribution in [1.82, 2.24) is 4.98 Å². The van der Waals surface area contributed by atoms with Crippen LogP contribution >= 0.6 is 23.6 Å². The van der Waals surface area contributed by atoms with E-state index in [1.54, 1.807) is 11.3 Å². The van der Waals surface area contributed by atoms with E-state index in [9.17, 15) is 0 Å². The third-order valence-corrected chi connectivity index (χ3v) is 4.12. The van der Waals surface area contributed by atoms with Gasteiger partial charge in [0.2, 0.25) is 0 Å². The Kier molecular flexibility index (Phi) is 4.17. The quantitative estimate of drug-likeness (QED) is 0.849. The van der Waals surface area contributed by atoms with Gasteiger partial charge >= 0.3 is 0 Å². The van der Waals surface area contributed by atoms with Gasteiger partial charge in [0, 0.05) is 23.6 Å². The summed E-state index contributed by atoms with van der Waals surface area (Å²) in [6.45, 7) is 6.79. The van der Waals surface area contributed by atoms with Gasteiger partial charge in [0.25, 0.3) is 0 Å². The van der Waals surface area contributed by atoms with Crippen LogP contribution in [0.15, 0.2) is 16.8 Å². The van der Waals surface area contributed by atoms with E-state index in [0.717, 1.165) is 29.2 Å². The van der Waals surface area contributed by atoms with Gasteiger partial charge in [0.1, 0.15) is 4.99 Å². The zero-order chi connectivity index (χ0) is 14.0. The number of rotatable bonds is 4. The van der Waals surface area contributed by atoms with Crippen molar-refractivity contribution in [3.63, 3.8) is 0 Å². The Labute approximate surface area is 122 Å². The number of anilines is 1. The Morgan fingerprint density at radius 3 is 2.68 bits per heavy atom. The number of aromatic nitrogens is 1. The van der Waals surface area contributed by atoms with Crippen LogP contribution in [0.4, 0.5) is 5.69 Å². The van der Waals surface area contributed by atoms with Gasteiger partial charge < -0.3 is 11.1 Å². The van der Waals surface area contributed by atoms with Crippen molar-refractivity contribution in [3.05, 3.63) is 44.9 Å². The fourth-order valence-electron chi connectivity index (χ4n) is 2.04. The maximum absolute atomic E-state index is 5.80. The molecule has 0 unspecified atom stereocenters. The molecule has 19 heavy (non-hydrogen) atoms. The number of nitrogens with zero attached hydrogens (tertiary/aromatic N) is 1. The minimum absolute atomic E-state index is 0.384. The van der Waals surface area contributed by atoms with Crippen LogP contribution in [-0.4, -0.2) is 9.97 Å². The minimum Gasteiger partial charge on any atom is -0.389 e. The molecule has 0 saturated carbocycles. The molecule has 2 aromatic rings. The lowest BCUT2D eigenvalue weighted by molar-refractivity contribution is 1.08. The number of thiocarbonyl (C=S) groups is 1. The minimum atomic E-state index is 0.384. The predicted octanol–water partition coefficient (Wildman–Crippen LogP) is 3.31. The number of thiophene rings is 1. The maximum Gasteiger partial charge on any atom is 0.107 e. The van der Waals surface area contributed by atoms with Gasteiger partial charge in [-0.3, -0.25) is 4.98 Å². The van der Waals surface area contributed by atoms with Crippen LogP contribution in [0.2, 0.25) is 0 Å². The molecular weight excluding hydrogens is 274 g/mol. The molecule has 0 aromatic carbocycles. The molecule has 3 nitrogen and oxygen atoms in total. The van der Waals surface area contributed by atoms with E-state index in [1.807, 2.05) is 19.9 Å². The molecule has 0 atom stereocenters. The smallest absolute Gasteiger partial charge is 0.107 e. The lowest BCUT2D eigenvalue weighted by Gasteiger charge is -2.14. The van der Waals surface area contributed by atoms with Gasteiger partial charge in [-0.25, -0.2) is 0 Å². The zero-order valence-electron chi connectivity index (χ0n) is 11.3. The van der Waals surface area contributed by atoms with Gasteiger partial charge in [0.15, 0.2) is 0 Å². The van der Waals surface area contributed by atoms with E-state index >= 15 is 0 Å². The van der Waals surface area contributed by atoms with E-state index in [2.05, 4.69) is 28.0 Å². The fourth-order valence-corrected chi connectivity index (χ4v) is 3.15. The molecule has 5 heteroatoms. The summed E-state index contributed by atoms with van der Waals surface area (Å²) in [5.41, 5.74) is 12.0. The second kappa shape index (κ2) is 5.67. The van der Waals surface area contributed by atoms with Crippen LogP contribution in [0, 0.1) is 20.8 Å². The summed E-state index contributed by atoms with van der Waals surface area (Å²) in [7, 11) is 0. The Morgan fingerprint density at radius 1 is 1.37 bits per heavy atom. The van der Waals surface area contributed by atoms with Crippen LogP contribution in [-0.2, 0) is 6.54 Å². The van der Waals surface area contributed by atoms with Crippen LogP contribution < -0.4 is 11.1 Å². The summed E-state index contributed by atoms with van der Waals surface area (Å²) >= 11 is 6.84. The normalized spacial score (nSPS) is 10.5. The van der Waals surface area contributed by atoms with E-state index in [-0.39, 0.29) is 0 Å². The van der Waals surface area contributed by atoms with E-state index in [4.69, 9.17) is 18.0 Å². The summed E-state index contributed by atoms with van der Waals surface area (Å²) in [6.07, 6.45) is 0. The molecular formula is C14H17N3S2. The largest absolute Gasteiger partial charge is 0.389 e. The zero-order valence-corrected chi connectivity index (χ0v) is 12.9. The number of hydrogen-bond donors (Lipinski definition) is 2. The first-order valence-electron chi connectivity index (χ1n) is 6.02. The molecule has 0 fully saturated rings. The van der Waals surface area contributed by atoms with Crippen LogP contribution in [0.3, 0.4) is 0 Å². The highest BCUT2D eigenvalue weighted by atomic mass is 32.1. The molecule has 0 aliphatic rings. The first-order valence-corrected chi connectivity index (χ1v) is 7.37. The van der Waals surface area contributed by atoms with Crippen molar-refractivity contribution in [2.75, 3.05) is 5.32 Å². The van der Waals surface area contributed by atoms with Crippen LogP contribution in [0.1, 0.15) is 28.1 Å². The van der Waals surface area contributed by atoms with Gasteiger partial charge in [-0.05, 0) is 48.7 Å². The van der Waals surface area contributed by atoms with Crippen LogP contribution in [0.25, 0.3) is 0 Å². The van der Waals surface area contributed by atoms with E-state index in [1.165, 1.54) is 11.1 Å². The summed E-state index contributed by atoms with van der Waals surface area (Å²) in [6, 6.07) is 1.99. The second-order valence-corrected chi connectivity index (χ2v) is 5.75. The average Bonchev–Trinajstić information content (AvgIpc) is 2.70. The van der Waals surface area contributed by atoms with Crippen molar-refractivity contribution in [2.45, 2.75) is 27.3 Å². The Bertz CT molecular complexity index is 617. The standard InChI is InChI=1S/C14H17N3S2/c1-8-6-19-7-11(8)5-16-12-4-9(2)17-10(3)13(12)14(15)18/h4,6-7H,5H2,1-3H3,(H2,15,18)(H,16,17). The molecule has 2 rings (SSSR count). The van der Waals surface area contributed by atoms with Crippen molar-refractivity contribution < 1.29 is 0 Å². The highest BCUT2D eigenvalue weighted by molar-refractivity contribution is 7.80. The summed E-state index contributed by atoms with van der Waals surface area (Å²) in [5, 5.41) is 7.72. The Morgan fingerprint density at radius 2 is 2.11 bits per heavy atom. The van der Waals surface area contributed by atoms with Gasteiger partial charge in [-0.2, -0.15) is 11.3 Å². The predicted molar refractivity (Wildman–Crippen MR) is 86.0 cm³/mol. The lowest BCUT2D eigenvalue weighted by Crippen LogP contribution is -2.16. The molecule has 0 bridgehead atoms. The number of pyridine rings is 1. The first kappa shape index (κ1) is 14.0. The van der Waals surface area contributed by atoms with Crippen molar-refractivity contribution in [1.29, 1.82) is 0 Å². The van der Waals surface area contributed by atoms with Gasteiger partial charge in [-0.15, -0.1) is 0 Å². The number of nitrogens with one attached hydrogen (secondary N) is 1. The van der Waals surface area contributed by atoms with Gasteiger partial charge in [-0.1, -0.05) is 12.2 Å². The molecule has 0 radical (unpaired) electrons. The molecule has 2 heterocycles. The van der Waals surface area contributed by atoms with Crippen molar-refractivity contribution in [2.24, 2.45) is 5.73 Å². The van der Waals surface area contributed by atoms with Crippen molar-refractivity contribution >= 4 is 34.2 Å². The van der Waals surface area contributed by atoms with Crippen LogP contribution in [0.5, 0.6) is 0 Å². The monoisotopic (exact) mass is 291 g/mol. The molecule has 0 aliphatic carbocycles. The van der Waals surface area contributed by atoms with Gasteiger partial charge in [0.05, 0.1) is 5.56 Å². The number of hydrogen-bond acceptors (Lipinski definition) is 4.